The predicted octanol–water partition coefficient (Wildman–Crippen LogP) is 1.12. The molecule has 1 amide bonds. The molecule has 0 bridgehead atoms. The molecule has 0 aliphatic heterocycles. The van der Waals surface area contributed by atoms with Gasteiger partial charge in [0.2, 0.25) is 0 Å². The molecule has 0 aromatic heterocycles. The standard InChI is InChI=1S/C13H20N2O3S/c1-8(12(7-16)19-3)15-13(17)10-5-4-9(14)6-11(10)18-2/h4-6,8,12,16H,7,14H2,1-3H3,(H,15,17). The zero-order valence-electron chi connectivity index (χ0n) is 11.3. The molecule has 4 N–H and O–H groups in total. The van der Waals surface area contributed by atoms with Crippen molar-refractivity contribution in [2.75, 3.05) is 25.7 Å². The fourth-order valence-corrected chi connectivity index (χ4v) is 2.34. The van der Waals surface area contributed by atoms with Crippen molar-refractivity contribution in [3.8, 4) is 5.75 Å². The molecule has 0 fully saturated rings. The zero-order valence-corrected chi connectivity index (χ0v) is 12.2. The minimum absolute atomic E-state index is 0.0154. The van der Waals surface area contributed by atoms with Gasteiger partial charge in [-0.15, -0.1) is 0 Å². The molecule has 2 atom stereocenters. The van der Waals surface area contributed by atoms with Gasteiger partial charge < -0.3 is 20.9 Å². The van der Waals surface area contributed by atoms with Gasteiger partial charge in [0.1, 0.15) is 5.75 Å². The van der Waals surface area contributed by atoms with Crippen LogP contribution in [-0.4, -0.2) is 42.3 Å². The van der Waals surface area contributed by atoms with Crippen LogP contribution in [0, 0.1) is 0 Å². The van der Waals surface area contributed by atoms with E-state index in [0.29, 0.717) is 17.0 Å². The van der Waals surface area contributed by atoms with Crippen LogP contribution in [0.1, 0.15) is 17.3 Å². The van der Waals surface area contributed by atoms with Gasteiger partial charge >= 0.3 is 0 Å². The molecule has 0 saturated carbocycles. The van der Waals surface area contributed by atoms with Crippen molar-refractivity contribution in [3.05, 3.63) is 23.8 Å². The van der Waals surface area contributed by atoms with Crippen LogP contribution in [0.5, 0.6) is 5.75 Å². The van der Waals surface area contributed by atoms with Crippen molar-refractivity contribution in [1.29, 1.82) is 0 Å². The van der Waals surface area contributed by atoms with Crippen LogP contribution in [0.15, 0.2) is 18.2 Å². The van der Waals surface area contributed by atoms with Crippen molar-refractivity contribution in [3.63, 3.8) is 0 Å². The monoisotopic (exact) mass is 284 g/mol. The largest absolute Gasteiger partial charge is 0.496 e. The summed E-state index contributed by atoms with van der Waals surface area (Å²) in [6.45, 7) is 1.88. The number of carbonyl (C=O) groups is 1. The molecule has 1 rings (SSSR count). The number of ether oxygens (including phenoxy) is 1. The van der Waals surface area contributed by atoms with E-state index in [2.05, 4.69) is 5.32 Å². The fraction of sp³-hybridized carbons (Fsp3) is 0.462. The number of thioether (sulfide) groups is 1. The van der Waals surface area contributed by atoms with Crippen molar-refractivity contribution in [2.24, 2.45) is 0 Å². The van der Waals surface area contributed by atoms with E-state index in [-0.39, 0.29) is 23.8 Å². The molecule has 0 heterocycles. The summed E-state index contributed by atoms with van der Waals surface area (Å²) in [7, 11) is 1.49. The molecule has 2 unspecified atom stereocenters. The molecular formula is C13H20N2O3S. The van der Waals surface area contributed by atoms with E-state index in [0.717, 1.165) is 0 Å². The van der Waals surface area contributed by atoms with Crippen molar-refractivity contribution < 1.29 is 14.6 Å². The van der Waals surface area contributed by atoms with E-state index in [1.807, 2.05) is 13.2 Å². The average molecular weight is 284 g/mol. The summed E-state index contributed by atoms with van der Waals surface area (Å²) in [5.41, 5.74) is 6.62. The lowest BCUT2D eigenvalue weighted by Gasteiger charge is -2.21. The average Bonchev–Trinajstić information content (AvgIpc) is 2.39. The molecule has 0 saturated heterocycles. The van der Waals surface area contributed by atoms with E-state index in [4.69, 9.17) is 10.5 Å². The van der Waals surface area contributed by atoms with Gasteiger partial charge in [-0.1, -0.05) is 0 Å². The molecule has 106 valence electrons. The fourth-order valence-electron chi connectivity index (χ4n) is 1.71. The SMILES string of the molecule is COc1cc(N)ccc1C(=O)NC(C)C(CO)SC. The maximum absolute atomic E-state index is 12.2. The molecule has 0 spiro atoms. The third-order valence-electron chi connectivity index (χ3n) is 2.87. The highest BCUT2D eigenvalue weighted by molar-refractivity contribution is 7.99. The maximum Gasteiger partial charge on any atom is 0.255 e. The molecule has 5 nitrogen and oxygen atoms in total. The summed E-state index contributed by atoms with van der Waals surface area (Å²) in [6.07, 6.45) is 1.90. The second kappa shape index (κ2) is 7.25. The Hall–Kier alpha value is -1.40. The molecule has 6 heteroatoms. The van der Waals surface area contributed by atoms with Crippen LogP contribution in [0.3, 0.4) is 0 Å². The number of benzene rings is 1. The second-order valence-corrected chi connectivity index (χ2v) is 5.26. The van der Waals surface area contributed by atoms with Crippen molar-refractivity contribution >= 4 is 23.4 Å². The Labute approximate surface area is 117 Å². The van der Waals surface area contributed by atoms with Gasteiger partial charge in [0.15, 0.2) is 0 Å². The lowest BCUT2D eigenvalue weighted by molar-refractivity contribution is 0.0933. The third kappa shape index (κ3) is 4.04. The van der Waals surface area contributed by atoms with E-state index in [1.165, 1.54) is 18.9 Å². The Balaban J connectivity index is 2.83. The number of hydrogen-bond acceptors (Lipinski definition) is 5. The highest BCUT2D eigenvalue weighted by atomic mass is 32.2. The summed E-state index contributed by atoms with van der Waals surface area (Å²) >= 11 is 1.51. The van der Waals surface area contributed by atoms with E-state index >= 15 is 0 Å². The number of amides is 1. The van der Waals surface area contributed by atoms with Gasteiger partial charge in [0.25, 0.3) is 5.91 Å². The third-order valence-corrected chi connectivity index (χ3v) is 4.03. The number of hydrogen-bond donors (Lipinski definition) is 3. The second-order valence-electron chi connectivity index (χ2n) is 4.18. The Morgan fingerprint density at radius 2 is 2.26 bits per heavy atom. The smallest absolute Gasteiger partial charge is 0.255 e. The summed E-state index contributed by atoms with van der Waals surface area (Å²) in [5.74, 6) is 0.200. The Bertz CT molecular complexity index is 436. The molecule has 0 radical (unpaired) electrons. The first-order valence-corrected chi connectivity index (χ1v) is 7.20. The van der Waals surface area contributed by atoms with E-state index < -0.39 is 0 Å². The number of rotatable bonds is 6. The van der Waals surface area contributed by atoms with Crippen molar-refractivity contribution in [2.45, 2.75) is 18.2 Å². The molecule has 0 aliphatic carbocycles. The number of carbonyl (C=O) groups excluding carboxylic acids is 1. The number of nitrogens with two attached hydrogens (primary N) is 1. The minimum atomic E-state index is -0.239. The highest BCUT2D eigenvalue weighted by Crippen LogP contribution is 2.22. The van der Waals surface area contributed by atoms with Crippen LogP contribution in [-0.2, 0) is 0 Å². The molecule has 0 aliphatic rings. The number of anilines is 1. The summed E-state index contributed by atoms with van der Waals surface area (Å²) in [6, 6.07) is 4.75. The number of aliphatic hydroxyl groups excluding tert-OH is 1. The highest BCUT2D eigenvalue weighted by Gasteiger charge is 2.20. The predicted molar refractivity (Wildman–Crippen MR) is 78.7 cm³/mol. The first-order chi connectivity index (χ1) is 9.03. The van der Waals surface area contributed by atoms with Gasteiger partial charge in [-0.2, -0.15) is 11.8 Å². The first-order valence-electron chi connectivity index (χ1n) is 5.91. The molecule has 1 aromatic carbocycles. The van der Waals surface area contributed by atoms with Gasteiger partial charge in [-0.3, -0.25) is 4.79 Å². The van der Waals surface area contributed by atoms with E-state index in [9.17, 15) is 9.90 Å². The minimum Gasteiger partial charge on any atom is -0.496 e. The molecule has 19 heavy (non-hydrogen) atoms. The number of methoxy groups -OCH3 is 1. The zero-order chi connectivity index (χ0) is 14.4. The Morgan fingerprint density at radius 1 is 1.58 bits per heavy atom. The first kappa shape index (κ1) is 15.7. The summed E-state index contributed by atoms with van der Waals surface area (Å²) in [4.78, 5) is 12.2. The van der Waals surface area contributed by atoms with Crippen LogP contribution in [0.4, 0.5) is 5.69 Å². The molecule has 1 aromatic rings. The number of nitrogen functional groups attached to an aromatic ring is 1. The maximum atomic E-state index is 12.2. The number of aliphatic hydroxyl groups is 1. The van der Waals surface area contributed by atoms with Crippen LogP contribution >= 0.6 is 11.8 Å². The van der Waals surface area contributed by atoms with Gasteiger partial charge in [-0.05, 0) is 25.3 Å². The normalized spacial score (nSPS) is 13.7. The Morgan fingerprint density at radius 3 is 2.79 bits per heavy atom. The lowest BCUT2D eigenvalue weighted by Crippen LogP contribution is -2.41. The quantitative estimate of drug-likeness (QED) is 0.682. The van der Waals surface area contributed by atoms with Gasteiger partial charge in [0, 0.05) is 23.0 Å². The van der Waals surface area contributed by atoms with Gasteiger partial charge in [0.05, 0.1) is 19.3 Å². The topological polar surface area (TPSA) is 84.6 Å². The molecular weight excluding hydrogens is 264 g/mol. The number of nitrogens with one attached hydrogen (secondary N) is 1. The van der Waals surface area contributed by atoms with Crippen LogP contribution in [0.2, 0.25) is 0 Å². The van der Waals surface area contributed by atoms with Gasteiger partial charge in [-0.25, -0.2) is 0 Å². The van der Waals surface area contributed by atoms with Crippen LogP contribution < -0.4 is 15.8 Å². The lowest BCUT2D eigenvalue weighted by atomic mass is 10.1. The Kier molecular flexibility index (Phi) is 5.98. The van der Waals surface area contributed by atoms with E-state index in [1.54, 1.807) is 18.2 Å². The van der Waals surface area contributed by atoms with Crippen LogP contribution in [0.25, 0.3) is 0 Å². The summed E-state index contributed by atoms with van der Waals surface area (Å²) < 4.78 is 5.15. The summed E-state index contributed by atoms with van der Waals surface area (Å²) in [5, 5.41) is 12.0. The van der Waals surface area contributed by atoms with Crippen molar-refractivity contribution in [1.82, 2.24) is 5.32 Å².